The quantitative estimate of drug-likeness (QED) is 0.709. The summed E-state index contributed by atoms with van der Waals surface area (Å²) >= 11 is 0. The molecule has 2 unspecified atom stereocenters. The number of fused-ring (bicyclic) bond motifs is 2. The number of aromatic nitrogens is 2. The Morgan fingerprint density at radius 1 is 1.29 bits per heavy atom. The number of nitrogens with one attached hydrogen (secondary N) is 3. The number of hydrogen-bond acceptors (Lipinski definition) is 4. The molecule has 1 aromatic rings. The minimum absolute atomic E-state index is 0.0436. The number of sulfonamides is 1. The Morgan fingerprint density at radius 3 is 2.59 bits per heavy atom. The average molecular weight is 256 g/mol. The van der Waals surface area contributed by atoms with Gasteiger partial charge in [-0.15, -0.1) is 0 Å². The highest BCUT2D eigenvalue weighted by atomic mass is 32.2. The van der Waals surface area contributed by atoms with Crippen LogP contribution in [0, 0.1) is 0 Å². The molecule has 94 valence electrons. The minimum Gasteiger partial charge on any atom is -0.335 e. The lowest BCUT2D eigenvalue weighted by atomic mass is 10.0. The van der Waals surface area contributed by atoms with Crippen molar-refractivity contribution >= 4 is 10.0 Å². The van der Waals surface area contributed by atoms with Crippen molar-refractivity contribution < 1.29 is 8.42 Å². The van der Waals surface area contributed by atoms with Gasteiger partial charge in [0.05, 0.1) is 12.5 Å². The van der Waals surface area contributed by atoms with Gasteiger partial charge in [0, 0.05) is 18.1 Å². The lowest BCUT2D eigenvalue weighted by molar-refractivity contribution is 0.345. The van der Waals surface area contributed by atoms with Gasteiger partial charge >= 0.3 is 0 Å². The number of piperidine rings is 1. The van der Waals surface area contributed by atoms with Crippen LogP contribution in [-0.4, -0.2) is 36.5 Å². The van der Waals surface area contributed by atoms with E-state index in [0.29, 0.717) is 12.1 Å². The molecule has 2 saturated heterocycles. The summed E-state index contributed by atoms with van der Waals surface area (Å²) in [6.07, 6.45) is 6.78. The van der Waals surface area contributed by atoms with E-state index in [1.54, 1.807) is 0 Å². The van der Waals surface area contributed by atoms with Gasteiger partial charge in [-0.2, -0.15) is 0 Å². The van der Waals surface area contributed by atoms with Crippen molar-refractivity contribution in [3.8, 4) is 0 Å². The first-order chi connectivity index (χ1) is 8.13. The fraction of sp³-hybridized carbons (Fsp3) is 0.700. The highest BCUT2D eigenvalue weighted by Crippen LogP contribution is 2.27. The zero-order valence-corrected chi connectivity index (χ0v) is 10.2. The molecule has 2 bridgehead atoms. The number of rotatable bonds is 3. The van der Waals surface area contributed by atoms with Crippen LogP contribution in [0.1, 0.15) is 25.7 Å². The van der Waals surface area contributed by atoms with Gasteiger partial charge in [-0.3, -0.25) is 0 Å². The summed E-state index contributed by atoms with van der Waals surface area (Å²) in [6.45, 7) is 0. The van der Waals surface area contributed by atoms with Crippen molar-refractivity contribution in [2.75, 3.05) is 0 Å². The summed E-state index contributed by atoms with van der Waals surface area (Å²) in [5.41, 5.74) is 0. The van der Waals surface area contributed by atoms with E-state index in [9.17, 15) is 8.42 Å². The Morgan fingerprint density at radius 2 is 2.00 bits per heavy atom. The van der Waals surface area contributed by atoms with Crippen LogP contribution in [0.3, 0.4) is 0 Å². The normalized spacial score (nSPS) is 32.8. The first kappa shape index (κ1) is 11.2. The fourth-order valence-corrected chi connectivity index (χ4v) is 3.99. The maximum Gasteiger partial charge on any atom is 0.257 e. The summed E-state index contributed by atoms with van der Waals surface area (Å²) in [5.74, 6) is 0. The molecule has 0 amide bonds. The van der Waals surface area contributed by atoms with E-state index in [1.165, 1.54) is 12.5 Å². The third-order valence-electron chi connectivity index (χ3n) is 3.56. The lowest BCUT2D eigenvalue weighted by Crippen LogP contribution is -2.47. The minimum atomic E-state index is -3.43. The molecule has 1 aromatic heterocycles. The number of nitrogens with zero attached hydrogens (tertiary/aromatic N) is 1. The second-order valence-corrected chi connectivity index (χ2v) is 6.53. The third-order valence-corrected chi connectivity index (χ3v) is 5.00. The van der Waals surface area contributed by atoms with Gasteiger partial charge in [0.15, 0.2) is 5.03 Å². The maximum atomic E-state index is 12.0. The van der Waals surface area contributed by atoms with E-state index >= 15 is 0 Å². The molecule has 17 heavy (non-hydrogen) atoms. The van der Waals surface area contributed by atoms with E-state index < -0.39 is 10.0 Å². The molecule has 3 N–H and O–H groups in total. The molecule has 0 aliphatic carbocycles. The van der Waals surface area contributed by atoms with Crippen LogP contribution in [-0.2, 0) is 10.0 Å². The van der Waals surface area contributed by atoms with Crippen molar-refractivity contribution in [1.82, 2.24) is 20.0 Å². The number of H-pyrrole nitrogens is 1. The second-order valence-electron chi connectivity index (χ2n) is 4.84. The van der Waals surface area contributed by atoms with Gasteiger partial charge in [-0.25, -0.2) is 18.1 Å². The Balaban J connectivity index is 1.71. The topological polar surface area (TPSA) is 86.9 Å². The Labute approximate surface area is 100 Å². The largest absolute Gasteiger partial charge is 0.335 e. The Hall–Kier alpha value is -0.920. The molecule has 3 rings (SSSR count). The Bertz CT molecular complexity index is 472. The van der Waals surface area contributed by atoms with Gasteiger partial charge in [0.25, 0.3) is 10.0 Å². The second kappa shape index (κ2) is 4.08. The lowest BCUT2D eigenvalue weighted by Gasteiger charge is -2.29. The molecular formula is C10H16N4O2S. The van der Waals surface area contributed by atoms with Crippen LogP contribution in [0.4, 0.5) is 0 Å². The summed E-state index contributed by atoms with van der Waals surface area (Å²) < 4.78 is 26.7. The maximum absolute atomic E-state index is 12.0. The monoisotopic (exact) mass is 256 g/mol. The molecule has 2 aliphatic heterocycles. The molecular weight excluding hydrogens is 240 g/mol. The molecule has 0 radical (unpaired) electrons. The first-order valence-electron chi connectivity index (χ1n) is 5.90. The first-order valence-corrected chi connectivity index (χ1v) is 7.38. The summed E-state index contributed by atoms with van der Waals surface area (Å²) in [7, 11) is -3.43. The predicted octanol–water partition coefficient (Wildman–Crippen LogP) is -0.0290. The highest BCUT2D eigenvalue weighted by Gasteiger charge is 2.35. The molecule has 2 fully saturated rings. The number of aromatic amines is 1. The molecule has 2 aliphatic rings. The standard InChI is InChI=1S/C10H16N4O2S/c15-17(16,10-5-11-6-12-10)14-9-3-7-1-2-8(4-9)13-7/h5-9,13-14H,1-4H2,(H,11,12). The van der Waals surface area contributed by atoms with Crippen LogP contribution in [0.25, 0.3) is 0 Å². The number of hydrogen-bond donors (Lipinski definition) is 3. The van der Waals surface area contributed by atoms with Gasteiger partial charge < -0.3 is 10.3 Å². The summed E-state index contributed by atoms with van der Waals surface area (Å²) in [6, 6.07) is 0.994. The molecule has 0 saturated carbocycles. The van der Waals surface area contributed by atoms with E-state index in [1.807, 2.05) is 0 Å². The zero-order valence-electron chi connectivity index (χ0n) is 9.39. The molecule has 6 nitrogen and oxygen atoms in total. The van der Waals surface area contributed by atoms with E-state index in [-0.39, 0.29) is 11.1 Å². The van der Waals surface area contributed by atoms with E-state index in [4.69, 9.17) is 0 Å². The summed E-state index contributed by atoms with van der Waals surface area (Å²) in [4.78, 5) is 6.36. The molecule has 3 heterocycles. The number of imidazole rings is 1. The van der Waals surface area contributed by atoms with Crippen LogP contribution in [0.15, 0.2) is 17.6 Å². The van der Waals surface area contributed by atoms with Crippen molar-refractivity contribution in [2.24, 2.45) is 0 Å². The fourth-order valence-electron chi connectivity index (χ4n) is 2.83. The molecule has 0 aromatic carbocycles. The van der Waals surface area contributed by atoms with Gasteiger partial charge in [0.2, 0.25) is 0 Å². The van der Waals surface area contributed by atoms with E-state index in [0.717, 1.165) is 25.7 Å². The highest BCUT2D eigenvalue weighted by molar-refractivity contribution is 7.89. The van der Waals surface area contributed by atoms with Gasteiger partial charge in [-0.05, 0) is 25.7 Å². The smallest absolute Gasteiger partial charge is 0.257 e. The zero-order chi connectivity index (χ0) is 11.9. The van der Waals surface area contributed by atoms with Crippen molar-refractivity contribution in [3.05, 3.63) is 12.5 Å². The third kappa shape index (κ3) is 2.22. The predicted molar refractivity (Wildman–Crippen MR) is 61.9 cm³/mol. The SMILES string of the molecule is O=S(=O)(NC1CC2CCC(C1)N2)c1cnc[nH]1. The van der Waals surface area contributed by atoms with E-state index in [2.05, 4.69) is 20.0 Å². The van der Waals surface area contributed by atoms with Crippen molar-refractivity contribution in [1.29, 1.82) is 0 Å². The van der Waals surface area contributed by atoms with Gasteiger partial charge in [0.1, 0.15) is 0 Å². The van der Waals surface area contributed by atoms with Crippen LogP contribution >= 0.6 is 0 Å². The average Bonchev–Trinajstić information content (AvgIpc) is 2.88. The molecule has 0 spiro atoms. The van der Waals surface area contributed by atoms with Crippen LogP contribution in [0.2, 0.25) is 0 Å². The van der Waals surface area contributed by atoms with Crippen molar-refractivity contribution in [2.45, 2.75) is 48.8 Å². The molecule has 2 atom stereocenters. The van der Waals surface area contributed by atoms with Crippen LogP contribution < -0.4 is 10.0 Å². The van der Waals surface area contributed by atoms with Gasteiger partial charge in [-0.1, -0.05) is 0 Å². The molecule has 7 heteroatoms. The summed E-state index contributed by atoms with van der Waals surface area (Å²) in [5, 5.41) is 3.63. The van der Waals surface area contributed by atoms with Crippen molar-refractivity contribution in [3.63, 3.8) is 0 Å². The van der Waals surface area contributed by atoms with Crippen LogP contribution in [0.5, 0.6) is 0 Å². The Kier molecular flexibility index (Phi) is 2.68.